The van der Waals surface area contributed by atoms with Crippen molar-refractivity contribution in [2.75, 3.05) is 26.2 Å². The molecule has 102 valence electrons. The lowest BCUT2D eigenvalue weighted by molar-refractivity contribution is -0.140. The molecule has 5 heteroatoms. The van der Waals surface area contributed by atoms with E-state index in [0.29, 0.717) is 18.4 Å². The Morgan fingerprint density at radius 3 is 2.61 bits per heavy atom. The van der Waals surface area contributed by atoms with Gasteiger partial charge in [-0.25, -0.2) is 0 Å². The number of hydrogen-bond donors (Lipinski definition) is 2. The number of nitrogens with one attached hydrogen (secondary N) is 1. The highest BCUT2D eigenvalue weighted by molar-refractivity contribution is 5.79. The molecule has 1 heterocycles. The fourth-order valence-electron chi connectivity index (χ4n) is 2.73. The molecule has 0 aromatic carbocycles. The number of hydrogen-bond acceptors (Lipinski definition) is 3. The summed E-state index contributed by atoms with van der Waals surface area (Å²) in [5, 5.41) is 11.5. The number of nitrogens with zero attached hydrogens (tertiary/aromatic N) is 1. The summed E-state index contributed by atoms with van der Waals surface area (Å²) in [5.41, 5.74) is 0. The standard InChI is InChI=1S/C13H22N2O3/c16-12(17)8-14-7-10-3-2-6-15(9-10)13(18)11-4-1-5-11/h10-11,14H,1-9H2,(H,16,17). The Morgan fingerprint density at radius 2 is 2.00 bits per heavy atom. The quantitative estimate of drug-likeness (QED) is 0.757. The van der Waals surface area contributed by atoms with E-state index in [1.54, 1.807) is 0 Å². The summed E-state index contributed by atoms with van der Waals surface area (Å²) in [6.45, 7) is 2.38. The third-order valence-electron chi connectivity index (χ3n) is 3.99. The lowest BCUT2D eigenvalue weighted by Gasteiger charge is -2.37. The highest BCUT2D eigenvalue weighted by atomic mass is 16.4. The zero-order valence-electron chi connectivity index (χ0n) is 10.7. The van der Waals surface area contributed by atoms with Gasteiger partial charge in [-0.3, -0.25) is 9.59 Å². The van der Waals surface area contributed by atoms with Crippen molar-refractivity contribution in [3.8, 4) is 0 Å². The topological polar surface area (TPSA) is 69.6 Å². The van der Waals surface area contributed by atoms with Gasteiger partial charge in [0.25, 0.3) is 0 Å². The summed E-state index contributed by atoms with van der Waals surface area (Å²) < 4.78 is 0. The predicted octanol–water partition coefficient (Wildman–Crippen LogP) is 0.699. The Balaban J connectivity index is 1.73. The molecule has 1 amide bonds. The van der Waals surface area contributed by atoms with Crippen molar-refractivity contribution < 1.29 is 14.7 Å². The number of carbonyl (C=O) groups excluding carboxylic acids is 1. The first-order valence-corrected chi connectivity index (χ1v) is 6.88. The van der Waals surface area contributed by atoms with Crippen LogP contribution >= 0.6 is 0 Å². The van der Waals surface area contributed by atoms with Crippen LogP contribution in [-0.4, -0.2) is 48.1 Å². The molecule has 0 radical (unpaired) electrons. The number of amides is 1. The zero-order valence-corrected chi connectivity index (χ0v) is 10.7. The molecule has 18 heavy (non-hydrogen) atoms. The van der Waals surface area contributed by atoms with Gasteiger partial charge in [0.2, 0.25) is 5.91 Å². The molecule has 2 rings (SSSR count). The molecule has 2 N–H and O–H groups in total. The Hall–Kier alpha value is -1.10. The lowest BCUT2D eigenvalue weighted by atomic mass is 9.83. The first kappa shape index (κ1) is 13.3. The number of piperidine rings is 1. The van der Waals surface area contributed by atoms with Gasteiger partial charge in [-0.1, -0.05) is 6.42 Å². The number of carboxylic acid groups (broad SMARTS) is 1. The van der Waals surface area contributed by atoms with Gasteiger partial charge in [-0.05, 0) is 31.6 Å². The van der Waals surface area contributed by atoms with E-state index in [1.807, 2.05) is 4.90 Å². The minimum atomic E-state index is -0.826. The molecular formula is C13H22N2O3. The first-order valence-electron chi connectivity index (χ1n) is 6.88. The van der Waals surface area contributed by atoms with Crippen LogP contribution in [0.4, 0.5) is 0 Å². The minimum Gasteiger partial charge on any atom is -0.480 e. The van der Waals surface area contributed by atoms with E-state index in [-0.39, 0.29) is 12.5 Å². The lowest BCUT2D eigenvalue weighted by Crippen LogP contribution is -2.46. The van der Waals surface area contributed by atoms with Crippen molar-refractivity contribution >= 4 is 11.9 Å². The smallest absolute Gasteiger partial charge is 0.317 e. The second-order valence-electron chi connectivity index (χ2n) is 5.44. The van der Waals surface area contributed by atoms with E-state index in [9.17, 15) is 9.59 Å². The molecule has 5 nitrogen and oxygen atoms in total. The number of aliphatic carboxylic acids is 1. The molecule has 2 fully saturated rings. The first-order chi connectivity index (χ1) is 8.66. The van der Waals surface area contributed by atoms with Gasteiger partial charge in [-0.2, -0.15) is 0 Å². The van der Waals surface area contributed by atoms with Crippen LogP contribution in [0.2, 0.25) is 0 Å². The van der Waals surface area contributed by atoms with E-state index in [2.05, 4.69) is 5.32 Å². The highest BCUT2D eigenvalue weighted by Gasteiger charge is 2.31. The fraction of sp³-hybridized carbons (Fsp3) is 0.846. The van der Waals surface area contributed by atoms with Crippen molar-refractivity contribution in [1.29, 1.82) is 0 Å². The third-order valence-corrected chi connectivity index (χ3v) is 3.99. The van der Waals surface area contributed by atoms with Gasteiger partial charge in [-0.15, -0.1) is 0 Å². The van der Waals surface area contributed by atoms with Crippen LogP contribution in [0.3, 0.4) is 0 Å². The third kappa shape index (κ3) is 3.45. The van der Waals surface area contributed by atoms with Gasteiger partial charge >= 0.3 is 5.97 Å². The van der Waals surface area contributed by atoms with Crippen molar-refractivity contribution in [3.05, 3.63) is 0 Å². The van der Waals surface area contributed by atoms with E-state index in [1.165, 1.54) is 6.42 Å². The van der Waals surface area contributed by atoms with E-state index >= 15 is 0 Å². The Kier molecular flexibility index (Phi) is 4.58. The normalized spacial score (nSPS) is 24.7. The largest absolute Gasteiger partial charge is 0.480 e. The highest BCUT2D eigenvalue weighted by Crippen LogP contribution is 2.29. The van der Waals surface area contributed by atoms with E-state index in [0.717, 1.165) is 38.8 Å². The average molecular weight is 254 g/mol. The summed E-state index contributed by atoms with van der Waals surface area (Å²) in [6.07, 6.45) is 5.42. The predicted molar refractivity (Wildman–Crippen MR) is 67.2 cm³/mol. The molecule has 1 unspecified atom stereocenters. The molecule has 1 atom stereocenters. The fourth-order valence-corrected chi connectivity index (χ4v) is 2.73. The zero-order chi connectivity index (χ0) is 13.0. The van der Waals surface area contributed by atoms with Gasteiger partial charge < -0.3 is 15.3 Å². The Labute approximate surface area is 108 Å². The van der Waals surface area contributed by atoms with Crippen LogP contribution in [0.25, 0.3) is 0 Å². The summed E-state index contributed by atoms with van der Waals surface area (Å²) >= 11 is 0. The average Bonchev–Trinajstić information content (AvgIpc) is 2.26. The van der Waals surface area contributed by atoms with Crippen LogP contribution < -0.4 is 5.32 Å². The molecule has 2 aliphatic rings. The van der Waals surface area contributed by atoms with Gasteiger partial charge in [0.1, 0.15) is 0 Å². The number of carboxylic acids is 1. The SMILES string of the molecule is O=C(O)CNCC1CCCN(C(=O)C2CCC2)C1. The van der Waals surface area contributed by atoms with Crippen molar-refractivity contribution in [2.24, 2.45) is 11.8 Å². The number of likely N-dealkylation sites (tertiary alicyclic amines) is 1. The summed E-state index contributed by atoms with van der Waals surface area (Å²) in [5.74, 6) is 0.176. The molecule has 0 aromatic heterocycles. The van der Waals surface area contributed by atoms with Crippen LogP contribution in [0, 0.1) is 11.8 Å². The second-order valence-corrected chi connectivity index (χ2v) is 5.44. The Bertz CT molecular complexity index is 315. The van der Waals surface area contributed by atoms with Gasteiger partial charge in [0, 0.05) is 25.6 Å². The monoisotopic (exact) mass is 254 g/mol. The molecule has 1 aliphatic heterocycles. The summed E-state index contributed by atoms with van der Waals surface area (Å²) in [6, 6.07) is 0. The second kappa shape index (κ2) is 6.18. The van der Waals surface area contributed by atoms with Crippen molar-refractivity contribution in [2.45, 2.75) is 32.1 Å². The molecule has 0 aromatic rings. The van der Waals surface area contributed by atoms with E-state index in [4.69, 9.17) is 5.11 Å². The van der Waals surface area contributed by atoms with Crippen LogP contribution in [-0.2, 0) is 9.59 Å². The molecular weight excluding hydrogens is 232 g/mol. The maximum absolute atomic E-state index is 12.1. The van der Waals surface area contributed by atoms with Crippen LogP contribution in [0.15, 0.2) is 0 Å². The van der Waals surface area contributed by atoms with E-state index < -0.39 is 5.97 Å². The molecule has 1 aliphatic carbocycles. The Morgan fingerprint density at radius 1 is 1.22 bits per heavy atom. The van der Waals surface area contributed by atoms with Crippen molar-refractivity contribution in [3.63, 3.8) is 0 Å². The molecule has 1 saturated heterocycles. The van der Waals surface area contributed by atoms with Gasteiger partial charge in [0.15, 0.2) is 0 Å². The molecule has 0 spiro atoms. The van der Waals surface area contributed by atoms with Crippen LogP contribution in [0.5, 0.6) is 0 Å². The maximum Gasteiger partial charge on any atom is 0.317 e. The number of carbonyl (C=O) groups is 2. The van der Waals surface area contributed by atoms with Gasteiger partial charge in [0.05, 0.1) is 6.54 Å². The van der Waals surface area contributed by atoms with Crippen molar-refractivity contribution in [1.82, 2.24) is 10.2 Å². The van der Waals surface area contributed by atoms with Crippen LogP contribution in [0.1, 0.15) is 32.1 Å². The minimum absolute atomic E-state index is 0.00702. The summed E-state index contributed by atoms with van der Waals surface area (Å²) in [4.78, 5) is 24.5. The molecule has 0 bridgehead atoms. The molecule has 1 saturated carbocycles. The maximum atomic E-state index is 12.1. The summed E-state index contributed by atoms with van der Waals surface area (Å²) in [7, 11) is 0. The number of rotatable bonds is 5.